The number of methoxy groups -OCH3 is 1. The topological polar surface area (TPSA) is 55.3 Å². The predicted molar refractivity (Wildman–Crippen MR) is 55.0 cm³/mol. The van der Waals surface area contributed by atoms with E-state index in [0.717, 1.165) is 18.9 Å². The third-order valence-electron chi connectivity index (χ3n) is 2.48. The van der Waals surface area contributed by atoms with Gasteiger partial charge in [0.15, 0.2) is 0 Å². The molecule has 15 heavy (non-hydrogen) atoms. The average Bonchev–Trinajstić information content (AvgIpc) is 2.30. The van der Waals surface area contributed by atoms with Gasteiger partial charge in [-0.05, 0) is 0 Å². The number of rotatable bonds is 2. The summed E-state index contributed by atoms with van der Waals surface area (Å²) in [6.45, 7) is 1.47. The van der Waals surface area contributed by atoms with Crippen LogP contribution in [0.1, 0.15) is 12.8 Å². The molecule has 0 N–H and O–H groups in total. The quantitative estimate of drug-likeness (QED) is 0.712. The van der Waals surface area contributed by atoms with E-state index in [1.165, 1.54) is 6.33 Å². The lowest BCUT2D eigenvalue weighted by atomic mass is 10.1. The number of piperidine rings is 1. The van der Waals surface area contributed by atoms with Crippen LogP contribution in [-0.4, -0.2) is 36.0 Å². The highest BCUT2D eigenvalue weighted by atomic mass is 16.5. The van der Waals surface area contributed by atoms with Gasteiger partial charge in [0.1, 0.15) is 17.9 Å². The molecule has 1 aromatic rings. The van der Waals surface area contributed by atoms with Gasteiger partial charge in [-0.25, -0.2) is 9.97 Å². The molecule has 0 bridgehead atoms. The van der Waals surface area contributed by atoms with Crippen LogP contribution < -0.4 is 9.64 Å². The van der Waals surface area contributed by atoms with Crippen molar-refractivity contribution in [2.24, 2.45) is 0 Å². The van der Waals surface area contributed by atoms with E-state index in [-0.39, 0.29) is 0 Å². The minimum absolute atomic E-state index is 0.326. The zero-order valence-corrected chi connectivity index (χ0v) is 8.64. The molecular formula is C10H13N3O2. The first kappa shape index (κ1) is 9.89. The number of anilines is 1. The van der Waals surface area contributed by atoms with Crippen LogP contribution in [0.25, 0.3) is 0 Å². The summed E-state index contributed by atoms with van der Waals surface area (Å²) in [5.74, 6) is 1.71. The van der Waals surface area contributed by atoms with Gasteiger partial charge < -0.3 is 9.64 Å². The van der Waals surface area contributed by atoms with Crippen LogP contribution in [0.2, 0.25) is 0 Å². The lowest BCUT2D eigenvalue weighted by Crippen LogP contribution is -2.34. The number of ether oxygens (including phenoxy) is 1. The fourth-order valence-electron chi connectivity index (χ4n) is 1.60. The number of Topliss-reactive ketones (excluding diaryl/α,β-unsaturated/α-hetero) is 1. The third-order valence-corrected chi connectivity index (χ3v) is 2.48. The van der Waals surface area contributed by atoms with Gasteiger partial charge in [0.05, 0.1) is 7.11 Å². The van der Waals surface area contributed by atoms with Crippen LogP contribution in [0, 0.1) is 0 Å². The highest BCUT2D eigenvalue weighted by molar-refractivity contribution is 5.80. The standard InChI is InChI=1S/C10H13N3O2/c1-15-10-6-9(11-7-12-10)13-4-2-8(14)3-5-13/h6-7H,2-5H2,1H3. The van der Waals surface area contributed by atoms with Crippen molar-refractivity contribution in [1.82, 2.24) is 9.97 Å². The molecule has 0 radical (unpaired) electrons. The Labute approximate surface area is 88.1 Å². The summed E-state index contributed by atoms with van der Waals surface area (Å²) in [7, 11) is 1.58. The van der Waals surface area contributed by atoms with Crippen LogP contribution in [0.15, 0.2) is 12.4 Å². The van der Waals surface area contributed by atoms with Crippen molar-refractivity contribution >= 4 is 11.6 Å². The van der Waals surface area contributed by atoms with Crippen LogP contribution >= 0.6 is 0 Å². The molecule has 5 nitrogen and oxygen atoms in total. The van der Waals surface area contributed by atoms with Crippen LogP contribution in [0.3, 0.4) is 0 Å². The van der Waals surface area contributed by atoms with Crippen molar-refractivity contribution in [2.45, 2.75) is 12.8 Å². The predicted octanol–water partition coefficient (Wildman–Crippen LogP) is 0.655. The monoisotopic (exact) mass is 207 g/mol. The second-order valence-corrected chi connectivity index (χ2v) is 3.44. The first-order valence-electron chi connectivity index (χ1n) is 4.92. The molecule has 1 aliphatic heterocycles. The van der Waals surface area contributed by atoms with Crippen LogP contribution in [0.4, 0.5) is 5.82 Å². The van der Waals surface area contributed by atoms with Gasteiger partial charge in [0.2, 0.25) is 5.88 Å². The Morgan fingerprint density at radius 1 is 1.33 bits per heavy atom. The van der Waals surface area contributed by atoms with Crippen molar-refractivity contribution in [3.63, 3.8) is 0 Å². The van der Waals surface area contributed by atoms with Crippen LogP contribution in [0.5, 0.6) is 5.88 Å². The minimum Gasteiger partial charge on any atom is -0.481 e. The summed E-state index contributed by atoms with van der Waals surface area (Å²) in [4.78, 5) is 21.3. The second-order valence-electron chi connectivity index (χ2n) is 3.44. The summed E-state index contributed by atoms with van der Waals surface area (Å²) >= 11 is 0. The highest BCUT2D eigenvalue weighted by Gasteiger charge is 2.17. The summed E-state index contributed by atoms with van der Waals surface area (Å²) in [6.07, 6.45) is 2.68. The lowest BCUT2D eigenvalue weighted by Gasteiger charge is -2.26. The molecule has 0 aromatic carbocycles. The summed E-state index contributed by atoms with van der Waals surface area (Å²) in [5, 5.41) is 0. The first-order chi connectivity index (χ1) is 7.29. The fraction of sp³-hybridized carbons (Fsp3) is 0.500. The molecule has 80 valence electrons. The van der Waals surface area contributed by atoms with Gasteiger partial charge in [-0.3, -0.25) is 4.79 Å². The molecule has 0 amide bonds. The third kappa shape index (κ3) is 2.23. The van der Waals surface area contributed by atoms with E-state index in [1.54, 1.807) is 13.2 Å². The van der Waals surface area contributed by atoms with E-state index in [1.807, 2.05) is 0 Å². The van der Waals surface area contributed by atoms with Gasteiger partial charge in [-0.2, -0.15) is 0 Å². The Morgan fingerprint density at radius 2 is 2.07 bits per heavy atom. The number of carbonyl (C=O) groups is 1. The number of ketones is 1. The molecule has 0 saturated carbocycles. The van der Waals surface area contributed by atoms with Crippen molar-refractivity contribution in [2.75, 3.05) is 25.1 Å². The Hall–Kier alpha value is -1.65. The second kappa shape index (κ2) is 4.25. The Bertz CT molecular complexity index is 357. The maximum Gasteiger partial charge on any atom is 0.218 e. The van der Waals surface area contributed by atoms with Crippen molar-refractivity contribution in [3.05, 3.63) is 12.4 Å². The van der Waals surface area contributed by atoms with E-state index >= 15 is 0 Å². The van der Waals surface area contributed by atoms with Gasteiger partial charge in [-0.15, -0.1) is 0 Å². The van der Waals surface area contributed by atoms with Crippen molar-refractivity contribution in [3.8, 4) is 5.88 Å². The lowest BCUT2D eigenvalue weighted by molar-refractivity contribution is -0.119. The van der Waals surface area contributed by atoms with Crippen LogP contribution in [-0.2, 0) is 4.79 Å². The number of carbonyl (C=O) groups excluding carboxylic acids is 1. The molecule has 0 spiro atoms. The van der Waals surface area contributed by atoms with E-state index < -0.39 is 0 Å². The van der Waals surface area contributed by atoms with E-state index in [9.17, 15) is 4.79 Å². The van der Waals surface area contributed by atoms with Gasteiger partial charge in [0, 0.05) is 32.0 Å². The molecule has 1 saturated heterocycles. The molecule has 0 unspecified atom stereocenters. The zero-order chi connectivity index (χ0) is 10.7. The SMILES string of the molecule is COc1cc(N2CCC(=O)CC2)ncn1. The first-order valence-corrected chi connectivity index (χ1v) is 4.92. The number of aromatic nitrogens is 2. The molecule has 0 atom stereocenters. The smallest absolute Gasteiger partial charge is 0.218 e. The Balaban J connectivity index is 2.11. The fourth-order valence-corrected chi connectivity index (χ4v) is 1.60. The molecule has 2 heterocycles. The van der Waals surface area contributed by atoms with Crippen molar-refractivity contribution < 1.29 is 9.53 Å². The molecule has 5 heteroatoms. The normalized spacial score (nSPS) is 16.6. The van der Waals surface area contributed by atoms with Gasteiger partial charge in [0.25, 0.3) is 0 Å². The number of hydrogen-bond acceptors (Lipinski definition) is 5. The van der Waals surface area contributed by atoms with E-state index in [2.05, 4.69) is 14.9 Å². The molecule has 0 aliphatic carbocycles. The maximum absolute atomic E-state index is 11.1. The van der Waals surface area contributed by atoms with Crippen molar-refractivity contribution in [1.29, 1.82) is 0 Å². The van der Waals surface area contributed by atoms with Gasteiger partial charge in [-0.1, -0.05) is 0 Å². The molecule has 1 fully saturated rings. The van der Waals surface area contributed by atoms with E-state index in [0.29, 0.717) is 24.5 Å². The van der Waals surface area contributed by atoms with Gasteiger partial charge >= 0.3 is 0 Å². The molecule has 1 aliphatic rings. The maximum atomic E-state index is 11.1. The molecule has 1 aromatic heterocycles. The summed E-state index contributed by atoms with van der Waals surface area (Å²) in [5.41, 5.74) is 0. The molecule has 2 rings (SSSR count). The highest BCUT2D eigenvalue weighted by Crippen LogP contribution is 2.18. The number of nitrogens with zero attached hydrogens (tertiary/aromatic N) is 3. The largest absolute Gasteiger partial charge is 0.481 e. The Morgan fingerprint density at radius 3 is 2.73 bits per heavy atom. The number of hydrogen-bond donors (Lipinski definition) is 0. The average molecular weight is 207 g/mol. The zero-order valence-electron chi connectivity index (χ0n) is 8.64. The minimum atomic E-state index is 0.326. The Kier molecular flexibility index (Phi) is 2.80. The summed E-state index contributed by atoms with van der Waals surface area (Å²) < 4.78 is 5.02. The molecular weight excluding hydrogens is 194 g/mol. The van der Waals surface area contributed by atoms with E-state index in [4.69, 9.17) is 4.74 Å². The summed E-state index contributed by atoms with van der Waals surface area (Å²) in [6, 6.07) is 1.79.